The molecular weight excluding hydrogens is 260 g/mol. The Morgan fingerprint density at radius 3 is 2.45 bits per heavy atom. The minimum atomic E-state index is -1.00. The summed E-state index contributed by atoms with van der Waals surface area (Å²) in [5, 5.41) is 11.9. The van der Waals surface area contributed by atoms with Crippen LogP contribution in [0.1, 0.15) is 25.7 Å². The van der Waals surface area contributed by atoms with Crippen molar-refractivity contribution >= 4 is 12.0 Å². The summed E-state index contributed by atoms with van der Waals surface area (Å²) in [4.78, 5) is 24.6. The number of amides is 2. The second-order valence-electron chi connectivity index (χ2n) is 6.17. The maximum absolute atomic E-state index is 12.1. The van der Waals surface area contributed by atoms with E-state index < -0.39 is 12.1 Å². The van der Waals surface area contributed by atoms with Crippen LogP contribution < -0.4 is 5.32 Å². The van der Waals surface area contributed by atoms with E-state index in [2.05, 4.69) is 5.32 Å². The summed E-state index contributed by atoms with van der Waals surface area (Å²) in [6.45, 7) is 1.63. The number of hydrogen-bond acceptors (Lipinski definition) is 3. The molecule has 0 radical (unpaired) electrons. The molecule has 1 aliphatic heterocycles. The van der Waals surface area contributed by atoms with E-state index in [4.69, 9.17) is 9.84 Å². The van der Waals surface area contributed by atoms with Gasteiger partial charge in [0.05, 0.1) is 13.2 Å². The van der Waals surface area contributed by atoms with Crippen molar-refractivity contribution in [1.29, 1.82) is 0 Å². The predicted molar refractivity (Wildman–Crippen MR) is 71.3 cm³/mol. The lowest BCUT2D eigenvalue weighted by Gasteiger charge is -2.31. The molecular formula is C14H22N2O4. The Hall–Kier alpha value is -1.30. The Morgan fingerprint density at radius 2 is 1.90 bits per heavy atom. The topological polar surface area (TPSA) is 78.9 Å². The van der Waals surface area contributed by atoms with E-state index in [1.807, 2.05) is 0 Å². The zero-order chi connectivity index (χ0) is 14.1. The number of urea groups is 1. The van der Waals surface area contributed by atoms with Gasteiger partial charge in [0.2, 0.25) is 0 Å². The molecule has 0 aromatic heterocycles. The Bertz CT molecular complexity index is 381. The van der Waals surface area contributed by atoms with E-state index in [-0.39, 0.29) is 12.6 Å². The van der Waals surface area contributed by atoms with Crippen molar-refractivity contribution in [3.8, 4) is 0 Å². The van der Waals surface area contributed by atoms with Gasteiger partial charge >= 0.3 is 12.0 Å². The van der Waals surface area contributed by atoms with Crippen molar-refractivity contribution in [1.82, 2.24) is 10.2 Å². The molecule has 1 heterocycles. The van der Waals surface area contributed by atoms with Gasteiger partial charge in [-0.25, -0.2) is 9.59 Å². The molecule has 3 aliphatic rings. The first kappa shape index (κ1) is 13.7. The van der Waals surface area contributed by atoms with Crippen LogP contribution in [0, 0.1) is 17.8 Å². The summed E-state index contributed by atoms with van der Waals surface area (Å²) in [7, 11) is 0. The summed E-state index contributed by atoms with van der Waals surface area (Å²) in [5.41, 5.74) is 0. The molecule has 112 valence electrons. The van der Waals surface area contributed by atoms with E-state index in [1.165, 1.54) is 25.7 Å². The van der Waals surface area contributed by atoms with Crippen LogP contribution in [0.3, 0.4) is 0 Å². The fourth-order valence-corrected chi connectivity index (χ4v) is 3.07. The summed E-state index contributed by atoms with van der Waals surface area (Å²) < 4.78 is 5.12. The van der Waals surface area contributed by atoms with Crippen molar-refractivity contribution in [3.63, 3.8) is 0 Å². The summed E-state index contributed by atoms with van der Waals surface area (Å²) >= 11 is 0. The Balaban J connectivity index is 1.47. The third kappa shape index (κ3) is 3.23. The van der Waals surface area contributed by atoms with Gasteiger partial charge in [0.1, 0.15) is 0 Å². The van der Waals surface area contributed by atoms with E-state index in [1.54, 1.807) is 4.90 Å². The average molecular weight is 282 g/mol. The maximum atomic E-state index is 12.1. The van der Waals surface area contributed by atoms with Crippen molar-refractivity contribution in [2.45, 2.75) is 31.8 Å². The van der Waals surface area contributed by atoms with E-state index >= 15 is 0 Å². The van der Waals surface area contributed by atoms with Crippen LogP contribution in [0.5, 0.6) is 0 Å². The zero-order valence-electron chi connectivity index (χ0n) is 11.6. The Kier molecular flexibility index (Phi) is 3.83. The number of ether oxygens (including phenoxy) is 1. The van der Waals surface area contributed by atoms with Crippen molar-refractivity contribution in [2.24, 2.45) is 17.8 Å². The molecule has 2 aliphatic carbocycles. The first-order valence-corrected chi connectivity index (χ1v) is 7.52. The molecule has 0 aromatic rings. The van der Waals surface area contributed by atoms with Gasteiger partial charge < -0.3 is 20.1 Å². The third-order valence-electron chi connectivity index (χ3n) is 4.57. The van der Waals surface area contributed by atoms with Gasteiger partial charge in [0.25, 0.3) is 0 Å². The maximum Gasteiger partial charge on any atom is 0.334 e. The van der Waals surface area contributed by atoms with Crippen molar-refractivity contribution < 1.29 is 19.4 Å². The number of hydrogen-bond donors (Lipinski definition) is 2. The van der Waals surface area contributed by atoms with Gasteiger partial charge in [-0.2, -0.15) is 0 Å². The van der Waals surface area contributed by atoms with Gasteiger partial charge in [0.15, 0.2) is 6.10 Å². The molecule has 6 nitrogen and oxygen atoms in total. The number of nitrogens with one attached hydrogen (secondary N) is 1. The monoisotopic (exact) mass is 282 g/mol. The predicted octanol–water partition coefficient (Wildman–Crippen LogP) is 0.918. The highest BCUT2D eigenvalue weighted by Gasteiger charge is 2.41. The first-order valence-electron chi connectivity index (χ1n) is 7.52. The molecule has 1 atom stereocenters. The fraction of sp³-hybridized carbons (Fsp3) is 0.857. The molecule has 6 heteroatoms. The lowest BCUT2D eigenvalue weighted by molar-refractivity contribution is -0.154. The van der Waals surface area contributed by atoms with Gasteiger partial charge in [-0.05, 0) is 43.4 Å². The summed E-state index contributed by atoms with van der Waals surface area (Å²) in [6.07, 6.45) is 4.31. The molecule has 0 bridgehead atoms. The molecule has 2 saturated carbocycles. The van der Waals surface area contributed by atoms with Gasteiger partial charge in [0, 0.05) is 13.1 Å². The highest BCUT2D eigenvalue weighted by molar-refractivity contribution is 5.77. The molecule has 3 fully saturated rings. The number of carboxylic acids is 1. The van der Waals surface area contributed by atoms with Crippen molar-refractivity contribution in [2.75, 3.05) is 26.2 Å². The van der Waals surface area contributed by atoms with Gasteiger partial charge in [-0.3, -0.25) is 0 Å². The average Bonchev–Trinajstić information content (AvgIpc) is 3.32. The summed E-state index contributed by atoms with van der Waals surface area (Å²) in [5.74, 6) is 1.24. The standard InChI is InChI=1S/C14H22N2O4/c17-13(18)12-8-16(5-6-20-12)14(19)15-7-11(9-1-2-9)10-3-4-10/h9-12H,1-8H2,(H,15,19)(H,17,18). The lowest BCUT2D eigenvalue weighted by atomic mass is 9.98. The van der Waals surface area contributed by atoms with Crippen LogP contribution in [0.2, 0.25) is 0 Å². The van der Waals surface area contributed by atoms with E-state index in [0.29, 0.717) is 19.1 Å². The molecule has 20 heavy (non-hydrogen) atoms. The van der Waals surface area contributed by atoms with E-state index in [9.17, 15) is 9.59 Å². The minimum absolute atomic E-state index is 0.138. The number of carbonyl (C=O) groups is 2. The second kappa shape index (κ2) is 5.60. The van der Waals surface area contributed by atoms with Gasteiger partial charge in [-0.15, -0.1) is 0 Å². The smallest absolute Gasteiger partial charge is 0.334 e. The number of rotatable bonds is 5. The molecule has 2 amide bonds. The lowest BCUT2D eigenvalue weighted by Crippen LogP contribution is -2.52. The normalized spacial score (nSPS) is 26.6. The van der Waals surface area contributed by atoms with Crippen LogP contribution in [0.25, 0.3) is 0 Å². The molecule has 1 saturated heterocycles. The van der Waals surface area contributed by atoms with Crippen molar-refractivity contribution in [3.05, 3.63) is 0 Å². The highest BCUT2D eigenvalue weighted by Crippen LogP contribution is 2.48. The minimum Gasteiger partial charge on any atom is -0.479 e. The number of carboxylic acid groups (broad SMARTS) is 1. The van der Waals surface area contributed by atoms with Crippen LogP contribution >= 0.6 is 0 Å². The number of morpholine rings is 1. The van der Waals surface area contributed by atoms with Crippen LogP contribution in [-0.4, -0.2) is 54.4 Å². The SMILES string of the molecule is O=C(O)C1CN(C(=O)NCC(C2CC2)C2CC2)CCO1. The highest BCUT2D eigenvalue weighted by atomic mass is 16.5. The quantitative estimate of drug-likeness (QED) is 0.786. The number of carbonyl (C=O) groups excluding carboxylic acids is 1. The Labute approximate surface area is 118 Å². The molecule has 3 rings (SSSR count). The molecule has 0 spiro atoms. The molecule has 2 N–H and O–H groups in total. The Morgan fingerprint density at radius 1 is 1.25 bits per heavy atom. The zero-order valence-corrected chi connectivity index (χ0v) is 11.6. The fourth-order valence-electron chi connectivity index (χ4n) is 3.07. The molecule has 0 aromatic carbocycles. The largest absolute Gasteiger partial charge is 0.479 e. The van der Waals surface area contributed by atoms with Crippen LogP contribution in [0.15, 0.2) is 0 Å². The first-order chi connectivity index (χ1) is 9.65. The third-order valence-corrected chi connectivity index (χ3v) is 4.57. The van der Waals surface area contributed by atoms with Gasteiger partial charge in [-0.1, -0.05) is 0 Å². The second-order valence-corrected chi connectivity index (χ2v) is 6.17. The number of aliphatic carboxylic acids is 1. The van der Waals surface area contributed by atoms with Crippen LogP contribution in [-0.2, 0) is 9.53 Å². The summed E-state index contributed by atoms with van der Waals surface area (Å²) in [6, 6.07) is -0.147. The van der Waals surface area contributed by atoms with E-state index in [0.717, 1.165) is 18.4 Å². The molecule has 1 unspecified atom stereocenters. The van der Waals surface area contributed by atoms with Crippen LogP contribution in [0.4, 0.5) is 4.79 Å². The number of nitrogens with zero attached hydrogens (tertiary/aromatic N) is 1.